The zero-order valence-corrected chi connectivity index (χ0v) is 15.1. The van der Waals surface area contributed by atoms with Crippen molar-refractivity contribution in [2.75, 3.05) is 6.61 Å². The van der Waals surface area contributed by atoms with Crippen LogP contribution in [0.5, 0.6) is 0 Å². The van der Waals surface area contributed by atoms with Crippen LogP contribution in [0.2, 0.25) is 0 Å². The molecule has 3 atom stereocenters. The minimum absolute atomic E-state index is 0.116. The number of aromatic amines is 1. The van der Waals surface area contributed by atoms with E-state index in [-0.39, 0.29) is 29.7 Å². The lowest BCUT2D eigenvalue weighted by atomic mass is 9.78. The molecule has 0 unspecified atom stereocenters. The number of nitrogens with one attached hydrogen (secondary N) is 2. The van der Waals surface area contributed by atoms with Gasteiger partial charge in [0.2, 0.25) is 5.56 Å². The van der Waals surface area contributed by atoms with Crippen LogP contribution in [-0.4, -0.2) is 29.5 Å². The number of esters is 1. The van der Waals surface area contributed by atoms with Crippen LogP contribution in [0.1, 0.15) is 43.5 Å². The Morgan fingerprint density at radius 3 is 2.81 bits per heavy atom. The van der Waals surface area contributed by atoms with Gasteiger partial charge < -0.3 is 15.0 Å². The third-order valence-corrected chi connectivity index (χ3v) is 5.36. The number of rotatable bonds is 4. The summed E-state index contributed by atoms with van der Waals surface area (Å²) in [5.74, 6) is -0.00927. The molecule has 3 rings (SSSR count). The van der Waals surface area contributed by atoms with Gasteiger partial charge in [-0.15, -0.1) is 0 Å². The summed E-state index contributed by atoms with van der Waals surface area (Å²) in [6, 6.07) is 8.31. The normalized spacial score (nSPS) is 22.8. The lowest BCUT2D eigenvalue weighted by molar-refractivity contribution is -0.125. The molecule has 1 aromatic carbocycles. The second kappa shape index (κ2) is 7.72. The monoisotopic (exact) mass is 356 g/mol. The first-order valence-electron chi connectivity index (χ1n) is 9.04. The van der Waals surface area contributed by atoms with Crippen molar-refractivity contribution in [1.29, 1.82) is 0 Å². The van der Waals surface area contributed by atoms with Gasteiger partial charge in [-0.1, -0.05) is 44.9 Å². The highest BCUT2D eigenvalue weighted by Crippen LogP contribution is 2.29. The first-order valence-corrected chi connectivity index (χ1v) is 9.04. The first-order chi connectivity index (χ1) is 12.5. The molecule has 1 aromatic heterocycles. The fourth-order valence-electron chi connectivity index (χ4n) is 3.62. The van der Waals surface area contributed by atoms with Crippen molar-refractivity contribution in [2.24, 2.45) is 11.8 Å². The minimum atomic E-state index is -0.674. The van der Waals surface area contributed by atoms with Crippen molar-refractivity contribution in [1.82, 2.24) is 10.3 Å². The Balaban J connectivity index is 1.64. The van der Waals surface area contributed by atoms with Crippen LogP contribution in [0.3, 0.4) is 0 Å². The summed E-state index contributed by atoms with van der Waals surface area (Å²) < 4.78 is 5.15. The average molecular weight is 356 g/mol. The van der Waals surface area contributed by atoms with Crippen molar-refractivity contribution >= 4 is 22.8 Å². The van der Waals surface area contributed by atoms with E-state index in [4.69, 9.17) is 4.74 Å². The van der Waals surface area contributed by atoms with Crippen LogP contribution in [-0.2, 0) is 9.53 Å². The van der Waals surface area contributed by atoms with Gasteiger partial charge >= 0.3 is 5.97 Å². The Labute approximate surface area is 151 Å². The van der Waals surface area contributed by atoms with E-state index in [1.165, 1.54) is 12.5 Å². The van der Waals surface area contributed by atoms with Crippen LogP contribution >= 0.6 is 0 Å². The molecular weight excluding hydrogens is 332 g/mol. The van der Waals surface area contributed by atoms with Gasteiger partial charge in [0.1, 0.15) is 0 Å². The Bertz CT molecular complexity index is 873. The van der Waals surface area contributed by atoms with Gasteiger partial charge in [0, 0.05) is 23.0 Å². The maximum Gasteiger partial charge on any atom is 0.339 e. The topological polar surface area (TPSA) is 88.3 Å². The number of ether oxygens (including phenoxy) is 1. The molecule has 1 saturated carbocycles. The van der Waals surface area contributed by atoms with Crippen LogP contribution in [0, 0.1) is 11.8 Å². The fraction of sp³-hybridized carbons (Fsp3) is 0.450. The van der Waals surface area contributed by atoms with Gasteiger partial charge in [0.15, 0.2) is 6.61 Å². The lowest BCUT2D eigenvalue weighted by Gasteiger charge is -2.34. The Hall–Kier alpha value is -2.63. The summed E-state index contributed by atoms with van der Waals surface area (Å²) in [7, 11) is 0. The minimum Gasteiger partial charge on any atom is -0.452 e. The van der Waals surface area contributed by atoms with Gasteiger partial charge in [-0.2, -0.15) is 0 Å². The maximum atomic E-state index is 12.4. The molecule has 1 aliphatic carbocycles. The number of amides is 1. The van der Waals surface area contributed by atoms with E-state index in [0.717, 1.165) is 12.8 Å². The van der Waals surface area contributed by atoms with E-state index >= 15 is 0 Å². The van der Waals surface area contributed by atoms with Crippen molar-refractivity contribution in [2.45, 2.75) is 39.2 Å². The van der Waals surface area contributed by atoms with Crippen molar-refractivity contribution in [3.8, 4) is 0 Å². The molecular formula is C20H24N2O4. The Morgan fingerprint density at radius 2 is 2.00 bits per heavy atom. The number of fused-ring (bicyclic) bond motifs is 1. The number of carbonyl (C=O) groups is 2. The zero-order chi connectivity index (χ0) is 18.7. The van der Waals surface area contributed by atoms with Gasteiger partial charge in [-0.3, -0.25) is 9.59 Å². The third-order valence-electron chi connectivity index (χ3n) is 5.36. The van der Waals surface area contributed by atoms with Crippen molar-refractivity contribution < 1.29 is 14.3 Å². The number of hydrogen-bond donors (Lipinski definition) is 2. The third kappa shape index (κ3) is 3.95. The Kier molecular flexibility index (Phi) is 5.40. The van der Waals surface area contributed by atoms with Gasteiger partial charge in [0.05, 0.1) is 5.56 Å². The standard InChI is InChI=1S/C20H24N2O4/c1-12-6-5-9-16(13(12)2)21-19(24)11-26-20(25)15-10-18(23)22-17-8-4-3-7-14(15)17/h3-4,7-8,10,12-13,16H,5-6,9,11H2,1-2H3,(H,21,24)(H,22,23)/t12-,13-,16+/m1/s1. The van der Waals surface area contributed by atoms with Crippen LogP contribution in [0.15, 0.2) is 35.1 Å². The van der Waals surface area contributed by atoms with E-state index in [2.05, 4.69) is 24.1 Å². The molecule has 0 saturated heterocycles. The predicted octanol–water partition coefficient (Wildman–Crippen LogP) is 2.63. The zero-order valence-electron chi connectivity index (χ0n) is 15.1. The molecule has 0 bridgehead atoms. The van der Waals surface area contributed by atoms with Gasteiger partial charge in [-0.25, -0.2) is 4.79 Å². The highest BCUT2D eigenvalue weighted by atomic mass is 16.5. The Morgan fingerprint density at radius 1 is 1.23 bits per heavy atom. The van der Waals surface area contributed by atoms with Gasteiger partial charge in [-0.05, 0) is 24.3 Å². The van der Waals surface area contributed by atoms with E-state index in [9.17, 15) is 14.4 Å². The molecule has 2 aromatic rings. The van der Waals surface area contributed by atoms with E-state index in [1.807, 2.05) is 0 Å². The summed E-state index contributed by atoms with van der Waals surface area (Å²) >= 11 is 0. The number of para-hydroxylation sites is 1. The molecule has 0 radical (unpaired) electrons. The largest absolute Gasteiger partial charge is 0.452 e. The van der Waals surface area contributed by atoms with E-state index < -0.39 is 5.97 Å². The molecule has 1 heterocycles. The van der Waals surface area contributed by atoms with Crippen LogP contribution < -0.4 is 10.9 Å². The first kappa shape index (κ1) is 18.2. The molecule has 138 valence electrons. The SMILES string of the molecule is C[C@@H]1[C@H](C)CCC[C@@H]1NC(=O)COC(=O)c1cc(=O)[nH]c2ccccc12. The molecule has 1 fully saturated rings. The summed E-state index contributed by atoms with van der Waals surface area (Å²) in [5, 5.41) is 3.56. The van der Waals surface area contributed by atoms with Gasteiger partial charge in [0.25, 0.3) is 5.91 Å². The number of hydrogen-bond acceptors (Lipinski definition) is 4. The summed E-state index contributed by atoms with van der Waals surface area (Å²) in [6.07, 6.45) is 3.22. The summed E-state index contributed by atoms with van der Waals surface area (Å²) in [5.41, 5.74) is 0.336. The fourth-order valence-corrected chi connectivity index (χ4v) is 3.62. The maximum absolute atomic E-state index is 12.4. The number of H-pyrrole nitrogens is 1. The van der Waals surface area contributed by atoms with Crippen molar-refractivity contribution in [3.63, 3.8) is 0 Å². The molecule has 6 heteroatoms. The second-order valence-corrected chi connectivity index (χ2v) is 7.11. The molecule has 2 N–H and O–H groups in total. The number of pyridine rings is 1. The predicted molar refractivity (Wildman–Crippen MR) is 99.0 cm³/mol. The second-order valence-electron chi connectivity index (χ2n) is 7.11. The molecule has 0 aliphatic heterocycles. The quantitative estimate of drug-likeness (QED) is 0.824. The molecule has 1 amide bonds. The highest BCUT2D eigenvalue weighted by Gasteiger charge is 2.28. The van der Waals surface area contributed by atoms with Crippen LogP contribution in [0.25, 0.3) is 10.9 Å². The summed E-state index contributed by atoms with van der Waals surface area (Å²) in [6.45, 7) is 3.99. The van der Waals surface area contributed by atoms with Crippen LogP contribution in [0.4, 0.5) is 0 Å². The number of benzene rings is 1. The molecule has 26 heavy (non-hydrogen) atoms. The summed E-state index contributed by atoms with van der Waals surface area (Å²) in [4.78, 5) is 38.9. The smallest absolute Gasteiger partial charge is 0.339 e. The van der Waals surface area contributed by atoms with Crippen molar-refractivity contribution in [3.05, 3.63) is 46.2 Å². The molecule has 1 aliphatic rings. The average Bonchev–Trinajstić information content (AvgIpc) is 2.62. The highest BCUT2D eigenvalue weighted by molar-refractivity contribution is 6.03. The lowest BCUT2D eigenvalue weighted by Crippen LogP contribution is -2.45. The molecule has 0 spiro atoms. The number of aromatic nitrogens is 1. The van der Waals surface area contributed by atoms with E-state index in [0.29, 0.717) is 22.7 Å². The number of carbonyl (C=O) groups excluding carboxylic acids is 2. The molecule has 6 nitrogen and oxygen atoms in total. The van der Waals surface area contributed by atoms with E-state index in [1.54, 1.807) is 24.3 Å².